The Morgan fingerprint density at radius 1 is 0.886 bits per heavy atom. The Balaban J connectivity index is 1.41. The Morgan fingerprint density at radius 2 is 1.49 bits per heavy atom. The number of imide groups is 1. The second-order valence-electron chi connectivity index (χ2n) is 8.82. The zero-order chi connectivity index (χ0) is 25.2. The van der Waals surface area contributed by atoms with Crippen LogP contribution in [0.3, 0.4) is 0 Å². The lowest BCUT2D eigenvalue weighted by molar-refractivity contribution is -0.135. The van der Waals surface area contributed by atoms with Gasteiger partial charge in [-0.3, -0.25) is 29.3 Å². The average molecular weight is 480 g/mol. The highest BCUT2D eigenvalue weighted by Gasteiger charge is 2.35. The summed E-state index contributed by atoms with van der Waals surface area (Å²) in [6.45, 7) is 2.08. The van der Waals surface area contributed by atoms with E-state index in [-0.39, 0.29) is 13.0 Å². The van der Waals surface area contributed by atoms with Crippen molar-refractivity contribution in [2.45, 2.75) is 64.3 Å². The molecule has 8 nitrogen and oxygen atoms in total. The largest absolute Gasteiger partial charge is 0.344 e. The van der Waals surface area contributed by atoms with Crippen molar-refractivity contribution >= 4 is 23.6 Å². The summed E-state index contributed by atoms with van der Waals surface area (Å²) in [5.74, 6) is -2.01. The van der Waals surface area contributed by atoms with Gasteiger partial charge in [-0.15, -0.1) is 0 Å². The van der Waals surface area contributed by atoms with E-state index in [4.69, 9.17) is 5.21 Å². The molecule has 3 rings (SSSR count). The van der Waals surface area contributed by atoms with Gasteiger partial charge in [0.15, 0.2) is 0 Å². The first-order valence-electron chi connectivity index (χ1n) is 12.2. The van der Waals surface area contributed by atoms with Gasteiger partial charge in [-0.2, -0.15) is 0 Å². The molecular weight excluding hydrogens is 446 g/mol. The van der Waals surface area contributed by atoms with Crippen molar-refractivity contribution in [3.8, 4) is 0 Å². The smallest absolute Gasteiger partial charge is 0.265 e. The number of carbonyl (C=O) groups excluding carboxylic acids is 4. The molecule has 0 aliphatic carbocycles. The van der Waals surface area contributed by atoms with Gasteiger partial charge in [0.2, 0.25) is 5.91 Å². The standard InChI is InChI=1S/C27H33N3O5/c1-2-8-19-13-15-20(16-14-19)9-4-3-5-12-23(25(32)29-35)28-24(31)17-18-30-26(33)21-10-6-7-11-22(21)27(30)34/h6-7,10-11,13-16,23,35H,2-5,8-9,12,17-18H2,1H3,(H,28,31)(H,29,32)/t23-/m0/s1. The molecule has 1 atom stereocenters. The third-order valence-electron chi connectivity index (χ3n) is 6.22. The molecule has 0 radical (unpaired) electrons. The lowest BCUT2D eigenvalue weighted by Gasteiger charge is -2.18. The van der Waals surface area contributed by atoms with Crippen molar-refractivity contribution in [2.24, 2.45) is 0 Å². The highest BCUT2D eigenvalue weighted by molar-refractivity contribution is 6.21. The molecule has 1 aliphatic heterocycles. The summed E-state index contributed by atoms with van der Waals surface area (Å²) in [6, 6.07) is 14.3. The van der Waals surface area contributed by atoms with Crippen LogP contribution in [0.2, 0.25) is 0 Å². The predicted octanol–water partition coefficient (Wildman–Crippen LogP) is 3.42. The summed E-state index contributed by atoms with van der Waals surface area (Å²) in [5, 5.41) is 11.7. The van der Waals surface area contributed by atoms with E-state index in [9.17, 15) is 19.2 Å². The molecule has 2 aromatic rings. The van der Waals surface area contributed by atoms with E-state index in [1.54, 1.807) is 29.7 Å². The molecule has 35 heavy (non-hydrogen) atoms. The highest BCUT2D eigenvalue weighted by Crippen LogP contribution is 2.22. The Morgan fingerprint density at radius 3 is 2.06 bits per heavy atom. The van der Waals surface area contributed by atoms with Crippen LogP contribution in [-0.4, -0.2) is 46.3 Å². The Hall–Kier alpha value is -3.52. The molecule has 3 N–H and O–H groups in total. The maximum Gasteiger partial charge on any atom is 0.265 e. The van der Waals surface area contributed by atoms with Gasteiger partial charge >= 0.3 is 0 Å². The van der Waals surface area contributed by atoms with Crippen LogP contribution in [0, 0.1) is 0 Å². The summed E-state index contributed by atoms with van der Waals surface area (Å²) in [6.07, 6.45) is 5.92. The molecule has 0 aromatic heterocycles. The first-order valence-corrected chi connectivity index (χ1v) is 12.2. The van der Waals surface area contributed by atoms with E-state index < -0.39 is 29.7 Å². The topological polar surface area (TPSA) is 116 Å². The summed E-state index contributed by atoms with van der Waals surface area (Å²) >= 11 is 0. The number of unbranched alkanes of at least 4 members (excludes halogenated alkanes) is 2. The summed E-state index contributed by atoms with van der Waals surface area (Å²) in [4.78, 5) is 50.4. The third kappa shape index (κ3) is 6.99. The van der Waals surface area contributed by atoms with Crippen LogP contribution in [0.4, 0.5) is 0 Å². The van der Waals surface area contributed by atoms with Gasteiger partial charge in [0.25, 0.3) is 17.7 Å². The van der Waals surface area contributed by atoms with E-state index >= 15 is 0 Å². The zero-order valence-electron chi connectivity index (χ0n) is 20.1. The molecule has 1 heterocycles. The number of fused-ring (bicyclic) bond motifs is 1. The SMILES string of the molecule is CCCc1ccc(CCCCC[C@H](NC(=O)CCN2C(=O)c3ccccc3C2=O)C(=O)NO)cc1. The maximum absolute atomic E-state index is 12.4. The van der Waals surface area contributed by atoms with Gasteiger partial charge in [-0.05, 0) is 48.9 Å². The summed E-state index contributed by atoms with van der Waals surface area (Å²) in [7, 11) is 0. The number of hydrogen-bond acceptors (Lipinski definition) is 5. The van der Waals surface area contributed by atoms with Crippen molar-refractivity contribution in [1.82, 2.24) is 15.7 Å². The lowest BCUT2D eigenvalue weighted by Crippen LogP contribution is -2.46. The second-order valence-corrected chi connectivity index (χ2v) is 8.82. The first-order chi connectivity index (χ1) is 16.9. The second kappa shape index (κ2) is 12.8. The molecule has 0 spiro atoms. The van der Waals surface area contributed by atoms with E-state index in [0.29, 0.717) is 24.0 Å². The van der Waals surface area contributed by atoms with Gasteiger partial charge in [-0.1, -0.05) is 62.6 Å². The van der Waals surface area contributed by atoms with Gasteiger partial charge in [-0.25, -0.2) is 5.48 Å². The molecule has 8 heteroatoms. The monoisotopic (exact) mass is 479 g/mol. The van der Waals surface area contributed by atoms with Crippen molar-refractivity contribution in [1.29, 1.82) is 0 Å². The van der Waals surface area contributed by atoms with Crippen LogP contribution in [0.1, 0.15) is 77.3 Å². The minimum absolute atomic E-state index is 0.0807. The van der Waals surface area contributed by atoms with Gasteiger partial charge in [0.05, 0.1) is 11.1 Å². The summed E-state index contributed by atoms with van der Waals surface area (Å²) < 4.78 is 0. The maximum atomic E-state index is 12.4. The van der Waals surface area contributed by atoms with Crippen molar-refractivity contribution in [2.75, 3.05) is 6.54 Å². The van der Waals surface area contributed by atoms with Crippen LogP contribution in [0.15, 0.2) is 48.5 Å². The number of benzene rings is 2. The number of nitrogens with one attached hydrogen (secondary N) is 2. The minimum Gasteiger partial charge on any atom is -0.344 e. The number of hydroxylamine groups is 1. The number of carbonyl (C=O) groups is 4. The van der Waals surface area contributed by atoms with Crippen LogP contribution in [-0.2, 0) is 22.4 Å². The normalized spacial score (nSPS) is 13.5. The zero-order valence-corrected chi connectivity index (χ0v) is 20.1. The molecule has 0 saturated carbocycles. The van der Waals surface area contributed by atoms with E-state index in [1.165, 1.54) is 11.1 Å². The molecule has 1 aliphatic rings. The lowest BCUT2D eigenvalue weighted by atomic mass is 10.0. The highest BCUT2D eigenvalue weighted by atomic mass is 16.5. The molecule has 0 bridgehead atoms. The Kier molecular flexibility index (Phi) is 9.55. The Labute approximate surface area is 205 Å². The summed E-state index contributed by atoms with van der Waals surface area (Å²) in [5.41, 5.74) is 4.87. The van der Waals surface area contributed by atoms with Crippen LogP contribution < -0.4 is 10.8 Å². The first kappa shape index (κ1) is 26.1. The third-order valence-corrected chi connectivity index (χ3v) is 6.22. The fraction of sp³-hybridized carbons (Fsp3) is 0.407. The number of nitrogens with zero attached hydrogens (tertiary/aromatic N) is 1. The van der Waals surface area contributed by atoms with Crippen molar-refractivity contribution < 1.29 is 24.4 Å². The molecule has 4 amide bonds. The number of aryl methyl sites for hydroxylation is 2. The average Bonchev–Trinajstić information content (AvgIpc) is 3.12. The quantitative estimate of drug-likeness (QED) is 0.176. The fourth-order valence-electron chi connectivity index (χ4n) is 4.28. The number of rotatable bonds is 13. The van der Waals surface area contributed by atoms with E-state index in [0.717, 1.165) is 37.0 Å². The molecular formula is C27H33N3O5. The van der Waals surface area contributed by atoms with Crippen LogP contribution in [0.25, 0.3) is 0 Å². The fourth-order valence-corrected chi connectivity index (χ4v) is 4.28. The molecule has 0 fully saturated rings. The number of amides is 4. The van der Waals surface area contributed by atoms with Crippen molar-refractivity contribution in [3.63, 3.8) is 0 Å². The number of hydrogen-bond donors (Lipinski definition) is 3. The Bertz CT molecular complexity index is 1020. The molecule has 0 saturated heterocycles. The minimum atomic E-state index is -0.886. The van der Waals surface area contributed by atoms with E-state index in [1.807, 2.05) is 0 Å². The van der Waals surface area contributed by atoms with E-state index in [2.05, 4.69) is 36.5 Å². The van der Waals surface area contributed by atoms with Gasteiger partial charge in [0.1, 0.15) is 6.04 Å². The van der Waals surface area contributed by atoms with Gasteiger partial charge < -0.3 is 5.32 Å². The molecule has 2 aromatic carbocycles. The van der Waals surface area contributed by atoms with Gasteiger partial charge in [0, 0.05) is 13.0 Å². The van der Waals surface area contributed by atoms with Crippen LogP contribution in [0.5, 0.6) is 0 Å². The van der Waals surface area contributed by atoms with Crippen LogP contribution >= 0.6 is 0 Å². The van der Waals surface area contributed by atoms with Crippen molar-refractivity contribution in [3.05, 3.63) is 70.8 Å². The molecule has 186 valence electrons. The molecule has 0 unspecified atom stereocenters. The predicted molar refractivity (Wildman–Crippen MR) is 131 cm³/mol.